The normalized spacial score (nSPS) is 20.0. The van der Waals surface area contributed by atoms with Gasteiger partial charge in [-0.15, -0.1) is 0 Å². The number of hydrogen-bond donors (Lipinski definition) is 2. The van der Waals surface area contributed by atoms with Crippen molar-refractivity contribution in [3.05, 3.63) is 133 Å². The molecule has 1 unspecified atom stereocenters. The first-order chi connectivity index (χ1) is 31.7. The number of carbonyl (C=O) groups excluding carboxylic acids is 1. The van der Waals surface area contributed by atoms with Crippen molar-refractivity contribution < 1.29 is 23.0 Å². The molecule has 344 valence electrons. The van der Waals surface area contributed by atoms with E-state index in [0.717, 1.165) is 29.0 Å². The van der Waals surface area contributed by atoms with Gasteiger partial charge in [-0.3, -0.25) is 23.4 Å². The molecule has 0 spiro atoms. The van der Waals surface area contributed by atoms with Gasteiger partial charge in [0.25, 0.3) is 5.91 Å². The molecule has 0 radical (unpaired) electrons. The molecule has 4 aromatic heterocycles. The Morgan fingerprint density at radius 3 is 2.33 bits per heavy atom. The Labute approximate surface area is 380 Å². The third kappa shape index (κ3) is 6.77. The van der Waals surface area contributed by atoms with Gasteiger partial charge in [-0.25, -0.2) is 18.7 Å². The summed E-state index contributed by atoms with van der Waals surface area (Å²) in [5, 5.41) is 14.2. The van der Waals surface area contributed by atoms with Gasteiger partial charge in [0, 0.05) is 85.4 Å². The maximum absolute atomic E-state index is 15.5. The smallest absolute Gasteiger partial charge is 0.387 e. The molecule has 3 aromatic carbocycles. The standard InChI is InChI=1S/C49H55FN9O6P/c1-8-66(63,9-2)41-13-11-35(26-38(41)51-7)56-18-19-57(48(56)62)44-42-31(6)55(17-14-37(42)53-59(44)36-22-28(3)43(50)29(4)23-36)45(60)40-25-34-24-33(32-15-20-64-21-16-32)10-12-39(34)58(40)49(27-30(49)5)46-52-47(61)65-54-46/h10-13,18-19,22-26,30-32,51H,8-9,14-17,20-21,27H2,1-7H3,(H,52,54,61)/t30-,31?,49-/m0/s1. The van der Waals surface area contributed by atoms with Gasteiger partial charge in [-0.1, -0.05) is 32.0 Å². The van der Waals surface area contributed by atoms with Crippen LogP contribution in [0.1, 0.15) is 103 Å². The average Bonchev–Trinajstić information content (AvgIpc) is 3.82. The fraction of sp³-hybridized carbons (Fsp3) is 0.408. The summed E-state index contributed by atoms with van der Waals surface area (Å²) in [5.41, 5.74) is 5.36. The van der Waals surface area contributed by atoms with Gasteiger partial charge in [0.15, 0.2) is 5.82 Å². The Balaban J connectivity index is 1.11. The lowest BCUT2D eigenvalue weighted by Crippen LogP contribution is -2.41. The highest BCUT2D eigenvalue weighted by atomic mass is 31.2. The molecule has 0 bridgehead atoms. The summed E-state index contributed by atoms with van der Waals surface area (Å²) in [7, 11) is -0.871. The van der Waals surface area contributed by atoms with Crippen LogP contribution in [0.2, 0.25) is 0 Å². The van der Waals surface area contributed by atoms with Crippen LogP contribution in [0, 0.1) is 25.6 Å². The lowest BCUT2D eigenvalue weighted by molar-refractivity contribution is 0.0663. The number of carbonyl (C=O) groups is 1. The zero-order valence-electron chi connectivity index (χ0n) is 38.4. The summed E-state index contributed by atoms with van der Waals surface area (Å²) in [6.07, 6.45) is 7.25. The molecule has 15 nitrogen and oxygen atoms in total. The number of ether oxygens (including phenoxy) is 1. The third-order valence-corrected chi connectivity index (χ3v) is 17.9. The fourth-order valence-electron chi connectivity index (χ4n) is 10.7. The second kappa shape index (κ2) is 16.3. The monoisotopic (exact) mass is 915 g/mol. The summed E-state index contributed by atoms with van der Waals surface area (Å²) in [6.45, 7) is 13.0. The van der Waals surface area contributed by atoms with Gasteiger partial charge in [-0.2, -0.15) is 5.10 Å². The highest BCUT2D eigenvalue weighted by Crippen LogP contribution is 2.56. The molecule has 3 aliphatic rings. The molecule has 6 heterocycles. The Kier molecular flexibility index (Phi) is 10.8. The van der Waals surface area contributed by atoms with E-state index in [2.05, 4.69) is 40.6 Å². The number of H-pyrrole nitrogens is 1. The number of rotatable bonds is 11. The lowest BCUT2D eigenvalue weighted by atomic mass is 9.91. The van der Waals surface area contributed by atoms with Crippen molar-refractivity contribution in [3.8, 4) is 17.2 Å². The van der Waals surface area contributed by atoms with Crippen LogP contribution in [0.5, 0.6) is 0 Å². The number of amides is 1. The van der Waals surface area contributed by atoms with Gasteiger partial charge < -0.3 is 24.1 Å². The van der Waals surface area contributed by atoms with E-state index in [1.54, 1.807) is 50.1 Å². The first kappa shape index (κ1) is 43.6. The summed E-state index contributed by atoms with van der Waals surface area (Å²) in [5.74, 6) is -0.0535. The Morgan fingerprint density at radius 2 is 1.68 bits per heavy atom. The number of anilines is 1. The molecular weight excluding hydrogens is 861 g/mol. The van der Waals surface area contributed by atoms with E-state index in [-0.39, 0.29) is 23.3 Å². The van der Waals surface area contributed by atoms with E-state index in [4.69, 9.17) is 14.4 Å². The van der Waals surface area contributed by atoms with E-state index >= 15 is 9.18 Å². The number of aromatic amines is 1. The van der Waals surface area contributed by atoms with Crippen LogP contribution in [-0.4, -0.2) is 83.6 Å². The minimum Gasteiger partial charge on any atom is -0.387 e. The highest BCUT2D eigenvalue weighted by Gasteiger charge is 2.59. The fourth-order valence-corrected chi connectivity index (χ4v) is 12.8. The third-order valence-electron chi connectivity index (χ3n) is 14.6. The van der Waals surface area contributed by atoms with E-state index in [1.165, 1.54) is 14.7 Å². The molecule has 2 aliphatic heterocycles. The van der Waals surface area contributed by atoms with Gasteiger partial charge in [0.05, 0.1) is 23.1 Å². The summed E-state index contributed by atoms with van der Waals surface area (Å²) < 4.78 is 46.5. The molecule has 7 aromatic rings. The first-order valence-corrected chi connectivity index (χ1v) is 25.0. The molecule has 2 fully saturated rings. The van der Waals surface area contributed by atoms with Gasteiger partial charge in [0.2, 0.25) is 0 Å². The lowest BCUT2D eigenvalue weighted by Gasteiger charge is -2.34. The van der Waals surface area contributed by atoms with Crippen molar-refractivity contribution in [1.29, 1.82) is 0 Å². The van der Waals surface area contributed by atoms with Crippen LogP contribution in [0.4, 0.5) is 10.1 Å². The molecule has 1 saturated heterocycles. The molecule has 1 amide bonds. The van der Waals surface area contributed by atoms with Crippen molar-refractivity contribution in [2.24, 2.45) is 5.92 Å². The van der Waals surface area contributed by atoms with E-state index in [0.29, 0.717) is 108 Å². The van der Waals surface area contributed by atoms with E-state index in [1.807, 2.05) is 54.5 Å². The number of aromatic nitrogens is 7. The van der Waals surface area contributed by atoms with Crippen LogP contribution >= 0.6 is 7.14 Å². The Bertz CT molecular complexity index is 3210. The number of hydrogen-bond acceptors (Lipinski definition) is 9. The Hall–Kier alpha value is -6.25. The van der Waals surface area contributed by atoms with Gasteiger partial charge in [0.1, 0.15) is 30.0 Å². The maximum atomic E-state index is 15.5. The van der Waals surface area contributed by atoms with Crippen LogP contribution in [0.25, 0.3) is 28.1 Å². The molecule has 17 heteroatoms. The largest absolute Gasteiger partial charge is 0.438 e. The number of imidazole rings is 1. The summed E-state index contributed by atoms with van der Waals surface area (Å²) in [6, 6.07) is 16.7. The van der Waals surface area contributed by atoms with Crippen molar-refractivity contribution in [3.63, 3.8) is 0 Å². The van der Waals surface area contributed by atoms with Crippen molar-refractivity contribution >= 4 is 34.9 Å². The predicted molar refractivity (Wildman–Crippen MR) is 252 cm³/mol. The molecule has 2 N–H and O–H groups in total. The average molecular weight is 916 g/mol. The molecule has 10 rings (SSSR count). The second-order valence-corrected chi connectivity index (χ2v) is 21.8. The van der Waals surface area contributed by atoms with Crippen molar-refractivity contribution in [1.82, 2.24) is 38.5 Å². The SMILES string of the molecule is CCP(=O)(CC)c1ccc(-n2ccn(-c3c4c(nn3-c3cc(C)c(F)c(C)c3)CCN(C(=O)c3cc5cc(C6CCOCC6)ccc5n3[C@@]3(c5noc(=O)[nH]5)C[C@@H]3C)C4C)c2=O)cc1NC. The molecule has 1 aliphatic carbocycles. The Morgan fingerprint density at radius 1 is 0.970 bits per heavy atom. The number of fused-ring (bicyclic) bond motifs is 2. The first-order valence-electron chi connectivity index (χ1n) is 22.9. The van der Waals surface area contributed by atoms with Crippen LogP contribution in [-0.2, 0) is 21.3 Å². The summed E-state index contributed by atoms with van der Waals surface area (Å²) in [4.78, 5) is 47.4. The minimum absolute atomic E-state index is 0.0208. The zero-order chi connectivity index (χ0) is 46.4. The van der Waals surface area contributed by atoms with Crippen LogP contribution < -0.4 is 22.1 Å². The van der Waals surface area contributed by atoms with Crippen molar-refractivity contribution in [2.45, 2.75) is 84.7 Å². The predicted octanol–water partition coefficient (Wildman–Crippen LogP) is 7.71. The topological polar surface area (TPSA) is 167 Å². The van der Waals surface area contributed by atoms with E-state index in [9.17, 15) is 14.2 Å². The minimum atomic E-state index is -2.65. The molecule has 1 saturated carbocycles. The van der Waals surface area contributed by atoms with E-state index < -0.39 is 24.5 Å². The van der Waals surface area contributed by atoms with Crippen LogP contribution in [0.3, 0.4) is 0 Å². The second-order valence-electron chi connectivity index (χ2n) is 18.3. The molecular formula is C49H55FN9O6P. The van der Waals surface area contributed by atoms with Crippen LogP contribution in [0.15, 0.2) is 81.1 Å². The van der Waals surface area contributed by atoms with Gasteiger partial charge >= 0.3 is 11.4 Å². The summed E-state index contributed by atoms with van der Waals surface area (Å²) >= 11 is 0. The number of nitrogens with one attached hydrogen (secondary N) is 2. The zero-order valence-corrected chi connectivity index (χ0v) is 39.2. The highest BCUT2D eigenvalue weighted by molar-refractivity contribution is 7.71. The number of benzene rings is 3. The van der Waals surface area contributed by atoms with Gasteiger partial charge in [-0.05, 0) is 117 Å². The number of aryl methyl sites for hydroxylation is 2. The number of halogens is 1. The molecule has 66 heavy (non-hydrogen) atoms. The number of nitrogens with zero attached hydrogens (tertiary/aromatic N) is 7. The quantitative estimate of drug-likeness (QED) is 0.124. The van der Waals surface area contributed by atoms with Crippen molar-refractivity contribution in [2.75, 3.05) is 44.4 Å². The molecule has 3 atom stereocenters. The maximum Gasteiger partial charge on any atom is 0.438 e.